The highest BCUT2D eigenvalue weighted by Gasteiger charge is 2.07. The summed E-state index contributed by atoms with van der Waals surface area (Å²) in [4.78, 5) is 0. The van der Waals surface area contributed by atoms with Crippen molar-refractivity contribution in [2.75, 3.05) is 11.1 Å². The van der Waals surface area contributed by atoms with Crippen molar-refractivity contribution in [3.8, 4) is 0 Å². The molecule has 0 spiro atoms. The van der Waals surface area contributed by atoms with E-state index in [0.29, 0.717) is 26.4 Å². The molecule has 3 N–H and O–H groups in total. The second-order valence-electron chi connectivity index (χ2n) is 3.95. The lowest BCUT2D eigenvalue weighted by molar-refractivity contribution is 1.43. The monoisotopic (exact) mass is 300 g/mol. The first-order valence-electron chi connectivity index (χ1n) is 5.25. The molecule has 0 bridgehead atoms. The van der Waals surface area contributed by atoms with E-state index in [-0.39, 0.29) is 0 Å². The highest BCUT2D eigenvalue weighted by molar-refractivity contribution is 6.44. The van der Waals surface area contributed by atoms with E-state index in [0.717, 1.165) is 11.3 Å². The maximum atomic E-state index is 6.11. The summed E-state index contributed by atoms with van der Waals surface area (Å²) in [7, 11) is 0. The van der Waals surface area contributed by atoms with Crippen molar-refractivity contribution in [2.45, 2.75) is 6.92 Å². The molecule has 0 radical (unpaired) electrons. The molecular formula is C13H11Cl3N2. The van der Waals surface area contributed by atoms with Crippen LogP contribution < -0.4 is 11.1 Å². The lowest BCUT2D eigenvalue weighted by Crippen LogP contribution is -1.96. The Balaban J connectivity index is 2.40. The minimum absolute atomic E-state index is 0.427. The van der Waals surface area contributed by atoms with Gasteiger partial charge in [-0.1, -0.05) is 40.9 Å². The number of aryl methyl sites for hydroxylation is 1. The maximum absolute atomic E-state index is 6.11. The third-order valence-electron chi connectivity index (χ3n) is 2.54. The molecule has 2 aromatic rings. The SMILES string of the molecule is Cc1ccc(N)cc1Nc1cc(Cl)c(Cl)cc1Cl. The van der Waals surface area contributed by atoms with E-state index in [1.54, 1.807) is 12.1 Å². The topological polar surface area (TPSA) is 38.0 Å². The molecule has 0 aromatic heterocycles. The van der Waals surface area contributed by atoms with E-state index >= 15 is 0 Å². The van der Waals surface area contributed by atoms with E-state index in [1.165, 1.54) is 0 Å². The largest absolute Gasteiger partial charge is 0.399 e. The average Bonchev–Trinajstić information content (AvgIpc) is 2.30. The fourth-order valence-electron chi connectivity index (χ4n) is 1.54. The van der Waals surface area contributed by atoms with E-state index in [1.807, 2.05) is 25.1 Å². The van der Waals surface area contributed by atoms with Gasteiger partial charge in [-0.3, -0.25) is 0 Å². The minimum atomic E-state index is 0.427. The van der Waals surface area contributed by atoms with Gasteiger partial charge in [0.2, 0.25) is 0 Å². The zero-order chi connectivity index (χ0) is 13.3. The number of hydrogen-bond donors (Lipinski definition) is 2. The average molecular weight is 302 g/mol. The maximum Gasteiger partial charge on any atom is 0.0656 e. The van der Waals surface area contributed by atoms with E-state index in [2.05, 4.69) is 5.32 Å². The first-order chi connectivity index (χ1) is 8.47. The molecule has 2 nitrogen and oxygen atoms in total. The van der Waals surface area contributed by atoms with Crippen LogP contribution in [0.2, 0.25) is 15.1 Å². The predicted octanol–water partition coefficient (Wildman–Crippen LogP) is 5.28. The fraction of sp³-hybridized carbons (Fsp3) is 0.0769. The van der Waals surface area contributed by atoms with Crippen LogP contribution in [-0.2, 0) is 0 Å². The Hall–Kier alpha value is -1.09. The second kappa shape index (κ2) is 5.27. The zero-order valence-electron chi connectivity index (χ0n) is 9.60. The molecule has 2 aromatic carbocycles. The van der Waals surface area contributed by atoms with Crippen molar-refractivity contribution < 1.29 is 0 Å². The molecule has 0 saturated heterocycles. The van der Waals surface area contributed by atoms with Crippen LogP contribution in [0.15, 0.2) is 30.3 Å². The number of rotatable bonds is 2. The Morgan fingerprint density at radius 1 is 0.889 bits per heavy atom. The molecule has 2 rings (SSSR count). The van der Waals surface area contributed by atoms with E-state index in [9.17, 15) is 0 Å². The van der Waals surface area contributed by atoms with Crippen LogP contribution in [0, 0.1) is 6.92 Å². The quantitative estimate of drug-likeness (QED) is 0.585. The standard InChI is InChI=1S/C13H11Cl3N2/c1-7-2-3-8(17)4-12(7)18-13-6-10(15)9(14)5-11(13)16/h2-6,18H,17H2,1H3. The first kappa shape index (κ1) is 13.3. The van der Waals surface area contributed by atoms with Crippen LogP contribution in [0.5, 0.6) is 0 Å². The van der Waals surface area contributed by atoms with Crippen LogP contribution >= 0.6 is 34.8 Å². The van der Waals surface area contributed by atoms with Gasteiger partial charge < -0.3 is 11.1 Å². The molecule has 5 heteroatoms. The molecule has 0 unspecified atom stereocenters. The van der Waals surface area contributed by atoms with E-state index < -0.39 is 0 Å². The molecule has 18 heavy (non-hydrogen) atoms. The van der Waals surface area contributed by atoms with Gasteiger partial charge in [-0.05, 0) is 36.8 Å². The number of nitrogens with one attached hydrogen (secondary N) is 1. The number of anilines is 3. The van der Waals surface area contributed by atoms with E-state index in [4.69, 9.17) is 40.5 Å². The van der Waals surface area contributed by atoms with Gasteiger partial charge in [-0.2, -0.15) is 0 Å². The molecule has 0 heterocycles. The third kappa shape index (κ3) is 2.83. The lowest BCUT2D eigenvalue weighted by atomic mass is 10.1. The van der Waals surface area contributed by atoms with Crippen molar-refractivity contribution in [2.24, 2.45) is 0 Å². The summed E-state index contributed by atoms with van der Waals surface area (Å²) in [5, 5.41) is 4.58. The summed E-state index contributed by atoms with van der Waals surface area (Å²) >= 11 is 18.0. The summed E-state index contributed by atoms with van der Waals surface area (Å²) in [6.07, 6.45) is 0. The molecule has 94 valence electrons. The highest BCUT2D eigenvalue weighted by Crippen LogP contribution is 2.34. The minimum Gasteiger partial charge on any atom is -0.399 e. The number of nitrogens with two attached hydrogens (primary N) is 1. The zero-order valence-corrected chi connectivity index (χ0v) is 11.9. The predicted molar refractivity (Wildman–Crippen MR) is 80.3 cm³/mol. The van der Waals surface area contributed by atoms with Crippen LogP contribution in [0.3, 0.4) is 0 Å². The van der Waals surface area contributed by atoms with Gasteiger partial charge in [0.25, 0.3) is 0 Å². The Bertz CT molecular complexity index is 597. The third-order valence-corrected chi connectivity index (χ3v) is 3.58. The number of halogens is 3. The molecule has 0 aliphatic carbocycles. The smallest absolute Gasteiger partial charge is 0.0656 e. The highest BCUT2D eigenvalue weighted by atomic mass is 35.5. The van der Waals surface area contributed by atoms with Gasteiger partial charge >= 0.3 is 0 Å². The van der Waals surface area contributed by atoms with Gasteiger partial charge in [0.05, 0.1) is 20.8 Å². The summed E-state index contributed by atoms with van der Waals surface area (Å²) in [5.74, 6) is 0. The fourth-order valence-corrected chi connectivity index (χ4v) is 2.13. The van der Waals surface area contributed by atoms with Crippen LogP contribution in [0.1, 0.15) is 5.56 Å². The normalized spacial score (nSPS) is 10.4. The molecule has 0 atom stereocenters. The summed E-state index contributed by atoms with van der Waals surface area (Å²) in [5.41, 5.74) is 9.07. The summed E-state index contributed by atoms with van der Waals surface area (Å²) in [6.45, 7) is 1.98. The van der Waals surface area contributed by atoms with Gasteiger partial charge in [0.15, 0.2) is 0 Å². The van der Waals surface area contributed by atoms with Crippen LogP contribution in [0.25, 0.3) is 0 Å². The Morgan fingerprint density at radius 3 is 2.28 bits per heavy atom. The summed E-state index contributed by atoms with van der Waals surface area (Å²) in [6, 6.07) is 8.92. The Kier molecular flexibility index (Phi) is 3.91. The molecule has 0 saturated carbocycles. The van der Waals surface area contributed by atoms with Gasteiger partial charge in [0.1, 0.15) is 0 Å². The van der Waals surface area contributed by atoms with Crippen LogP contribution in [-0.4, -0.2) is 0 Å². The molecule has 0 aliphatic heterocycles. The first-order valence-corrected chi connectivity index (χ1v) is 6.38. The Morgan fingerprint density at radius 2 is 1.56 bits per heavy atom. The van der Waals surface area contributed by atoms with Gasteiger partial charge in [-0.15, -0.1) is 0 Å². The second-order valence-corrected chi connectivity index (χ2v) is 5.17. The molecule has 0 aliphatic rings. The number of hydrogen-bond acceptors (Lipinski definition) is 2. The molecular weight excluding hydrogens is 291 g/mol. The molecule has 0 fully saturated rings. The van der Waals surface area contributed by atoms with Crippen molar-refractivity contribution >= 4 is 51.9 Å². The van der Waals surface area contributed by atoms with Crippen molar-refractivity contribution in [3.63, 3.8) is 0 Å². The van der Waals surface area contributed by atoms with Gasteiger partial charge in [0, 0.05) is 11.4 Å². The number of benzene rings is 2. The van der Waals surface area contributed by atoms with Gasteiger partial charge in [-0.25, -0.2) is 0 Å². The number of nitrogen functional groups attached to an aromatic ring is 1. The van der Waals surface area contributed by atoms with Crippen LogP contribution in [0.4, 0.5) is 17.1 Å². The van der Waals surface area contributed by atoms with Crippen molar-refractivity contribution in [3.05, 3.63) is 51.0 Å². The lowest BCUT2D eigenvalue weighted by Gasteiger charge is -2.12. The summed E-state index contributed by atoms with van der Waals surface area (Å²) < 4.78 is 0. The van der Waals surface area contributed by atoms with Crippen molar-refractivity contribution in [1.82, 2.24) is 0 Å². The molecule has 0 amide bonds. The Labute approximate surface area is 121 Å². The van der Waals surface area contributed by atoms with Crippen molar-refractivity contribution in [1.29, 1.82) is 0 Å².